The van der Waals surface area contributed by atoms with E-state index >= 15 is 0 Å². The van der Waals surface area contributed by atoms with Crippen molar-refractivity contribution in [2.45, 2.75) is 0 Å². The molecule has 1 aliphatic heterocycles. The summed E-state index contributed by atoms with van der Waals surface area (Å²) < 4.78 is 11.3. The molecule has 0 amide bonds. The minimum Gasteiger partial charge on any atom is -0.454 e. The third-order valence-electron chi connectivity index (χ3n) is 3.20. The summed E-state index contributed by atoms with van der Waals surface area (Å²) in [6.45, 7) is 0.144. The molecule has 4 nitrogen and oxygen atoms in total. The molecule has 0 saturated heterocycles. The standard InChI is InChI=1S/C17H10BrNO3/c18-14-4-2-1-3-11(14)7-13(9-19)17(20)12-5-6-15-16(8-12)22-10-21-15/h1-8H,10H2/b13-7+. The number of rotatable bonds is 3. The number of hydrogen-bond donors (Lipinski definition) is 0. The Labute approximate surface area is 135 Å². The normalized spacial score (nSPS) is 12.8. The first-order valence-electron chi connectivity index (χ1n) is 6.50. The Morgan fingerprint density at radius 2 is 1.95 bits per heavy atom. The molecule has 1 heterocycles. The Balaban J connectivity index is 1.96. The lowest BCUT2D eigenvalue weighted by molar-refractivity contribution is 0.103. The van der Waals surface area contributed by atoms with E-state index in [-0.39, 0.29) is 18.1 Å². The van der Waals surface area contributed by atoms with E-state index in [1.165, 1.54) is 0 Å². The number of nitriles is 1. The van der Waals surface area contributed by atoms with Crippen LogP contribution in [0.2, 0.25) is 0 Å². The number of hydrogen-bond acceptors (Lipinski definition) is 4. The maximum Gasteiger partial charge on any atom is 0.231 e. The summed E-state index contributed by atoms with van der Waals surface area (Å²) in [5.41, 5.74) is 1.23. The van der Waals surface area contributed by atoms with Crippen LogP contribution < -0.4 is 9.47 Å². The molecular weight excluding hydrogens is 346 g/mol. The van der Waals surface area contributed by atoms with Crippen LogP contribution in [-0.4, -0.2) is 12.6 Å². The van der Waals surface area contributed by atoms with Crippen molar-refractivity contribution in [1.82, 2.24) is 0 Å². The van der Waals surface area contributed by atoms with Gasteiger partial charge in [0, 0.05) is 10.0 Å². The number of allylic oxidation sites excluding steroid dienone is 1. The fraction of sp³-hybridized carbons (Fsp3) is 0.0588. The van der Waals surface area contributed by atoms with Gasteiger partial charge in [-0.1, -0.05) is 34.1 Å². The summed E-state index contributed by atoms with van der Waals surface area (Å²) in [6, 6.07) is 14.2. The van der Waals surface area contributed by atoms with Crippen LogP contribution in [0.1, 0.15) is 15.9 Å². The molecule has 0 unspecified atom stereocenters. The van der Waals surface area contributed by atoms with Crippen LogP contribution in [0.3, 0.4) is 0 Å². The van der Waals surface area contributed by atoms with Gasteiger partial charge in [-0.25, -0.2) is 0 Å². The Morgan fingerprint density at radius 3 is 2.73 bits per heavy atom. The van der Waals surface area contributed by atoms with Crippen molar-refractivity contribution >= 4 is 27.8 Å². The second-order valence-corrected chi connectivity index (χ2v) is 5.44. The fourth-order valence-electron chi connectivity index (χ4n) is 2.09. The van der Waals surface area contributed by atoms with E-state index in [2.05, 4.69) is 15.9 Å². The van der Waals surface area contributed by atoms with Gasteiger partial charge in [-0.3, -0.25) is 4.79 Å². The Bertz CT molecular complexity index is 821. The number of carbonyl (C=O) groups excluding carboxylic acids is 1. The minimum absolute atomic E-state index is 0.0609. The molecule has 22 heavy (non-hydrogen) atoms. The number of Topliss-reactive ketones (excluding diaryl/α,β-unsaturated/α-hetero) is 1. The number of fused-ring (bicyclic) bond motifs is 1. The molecule has 0 N–H and O–H groups in total. The quantitative estimate of drug-likeness (QED) is 0.474. The van der Waals surface area contributed by atoms with Gasteiger partial charge in [0.1, 0.15) is 11.6 Å². The molecule has 0 saturated carbocycles. The fourth-order valence-corrected chi connectivity index (χ4v) is 2.49. The number of ketones is 1. The number of benzene rings is 2. The summed E-state index contributed by atoms with van der Waals surface area (Å²) in [5.74, 6) is 0.769. The second kappa shape index (κ2) is 6.04. The number of carbonyl (C=O) groups is 1. The smallest absolute Gasteiger partial charge is 0.231 e. The third kappa shape index (κ3) is 2.74. The first kappa shape index (κ1) is 14.4. The lowest BCUT2D eigenvalue weighted by Gasteiger charge is -2.03. The van der Waals surface area contributed by atoms with Gasteiger partial charge in [0.05, 0.1) is 0 Å². The zero-order valence-corrected chi connectivity index (χ0v) is 13.0. The minimum atomic E-state index is -0.350. The highest BCUT2D eigenvalue weighted by Gasteiger charge is 2.18. The predicted molar refractivity (Wildman–Crippen MR) is 84.6 cm³/mol. The first-order chi connectivity index (χ1) is 10.7. The van der Waals surface area contributed by atoms with Crippen molar-refractivity contribution < 1.29 is 14.3 Å². The molecular formula is C17H10BrNO3. The van der Waals surface area contributed by atoms with Crippen molar-refractivity contribution in [1.29, 1.82) is 5.26 Å². The van der Waals surface area contributed by atoms with Crippen molar-refractivity contribution in [3.8, 4) is 17.6 Å². The summed E-state index contributed by atoms with van der Waals surface area (Å²) in [4.78, 5) is 12.5. The van der Waals surface area contributed by atoms with Crippen molar-refractivity contribution in [2.75, 3.05) is 6.79 Å². The van der Waals surface area contributed by atoms with E-state index in [0.717, 1.165) is 10.0 Å². The van der Waals surface area contributed by atoms with E-state index in [1.54, 1.807) is 24.3 Å². The molecule has 2 aromatic carbocycles. The Kier molecular flexibility index (Phi) is 3.94. The van der Waals surface area contributed by atoms with E-state index in [1.807, 2.05) is 30.3 Å². The molecule has 0 spiro atoms. The maximum atomic E-state index is 12.5. The summed E-state index contributed by atoms with van der Waals surface area (Å²) >= 11 is 3.40. The van der Waals surface area contributed by atoms with Crippen LogP contribution in [0.4, 0.5) is 0 Å². The van der Waals surface area contributed by atoms with Crippen molar-refractivity contribution in [3.63, 3.8) is 0 Å². The van der Waals surface area contributed by atoms with Gasteiger partial charge in [0.15, 0.2) is 11.5 Å². The Hall–Kier alpha value is -2.58. The summed E-state index contributed by atoms with van der Waals surface area (Å²) in [5, 5.41) is 9.29. The molecule has 0 atom stereocenters. The monoisotopic (exact) mass is 355 g/mol. The molecule has 1 aliphatic rings. The molecule has 5 heteroatoms. The van der Waals surface area contributed by atoms with Crippen molar-refractivity contribution in [2.24, 2.45) is 0 Å². The van der Waals surface area contributed by atoms with Gasteiger partial charge >= 0.3 is 0 Å². The molecule has 0 fully saturated rings. The van der Waals surface area contributed by atoms with Gasteiger partial charge < -0.3 is 9.47 Å². The molecule has 0 aromatic heterocycles. The van der Waals surface area contributed by atoms with Crippen molar-refractivity contribution in [3.05, 3.63) is 63.6 Å². The topological polar surface area (TPSA) is 59.3 Å². The summed E-state index contributed by atoms with van der Waals surface area (Å²) in [6.07, 6.45) is 1.57. The second-order valence-electron chi connectivity index (χ2n) is 4.59. The SMILES string of the molecule is N#C/C(=C\c1ccccc1Br)C(=O)c1ccc2c(c1)OCO2. The first-order valence-corrected chi connectivity index (χ1v) is 7.29. The predicted octanol–water partition coefficient (Wildman–Crippen LogP) is 3.97. The lowest BCUT2D eigenvalue weighted by atomic mass is 10.0. The van der Waals surface area contributed by atoms with Crippen LogP contribution in [0.15, 0.2) is 52.5 Å². The molecule has 3 rings (SSSR count). The highest BCUT2D eigenvalue weighted by molar-refractivity contribution is 9.10. The van der Waals surface area contributed by atoms with Gasteiger partial charge in [-0.15, -0.1) is 0 Å². The molecule has 0 radical (unpaired) electrons. The van der Waals surface area contributed by atoms with E-state index in [0.29, 0.717) is 17.1 Å². The molecule has 0 aliphatic carbocycles. The average molecular weight is 356 g/mol. The largest absolute Gasteiger partial charge is 0.454 e. The van der Waals surface area contributed by atoms with E-state index in [4.69, 9.17) is 9.47 Å². The van der Waals surface area contributed by atoms with Gasteiger partial charge in [-0.2, -0.15) is 5.26 Å². The highest BCUT2D eigenvalue weighted by atomic mass is 79.9. The third-order valence-corrected chi connectivity index (χ3v) is 3.93. The van der Waals surface area contributed by atoms with Gasteiger partial charge in [-0.05, 0) is 35.9 Å². The number of ether oxygens (including phenoxy) is 2. The van der Waals surface area contributed by atoms with Crippen LogP contribution in [0.25, 0.3) is 6.08 Å². The number of halogens is 1. The average Bonchev–Trinajstić information content (AvgIpc) is 3.01. The molecule has 108 valence electrons. The lowest BCUT2D eigenvalue weighted by Crippen LogP contribution is -2.02. The zero-order chi connectivity index (χ0) is 15.5. The van der Waals surface area contributed by atoms with Crippen LogP contribution in [0, 0.1) is 11.3 Å². The van der Waals surface area contributed by atoms with E-state index in [9.17, 15) is 10.1 Å². The van der Waals surface area contributed by atoms with Crippen LogP contribution in [-0.2, 0) is 0 Å². The molecule has 0 bridgehead atoms. The van der Waals surface area contributed by atoms with Crippen LogP contribution in [0.5, 0.6) is 11.5 Å². The summed E-state index contributed by atoms with van der Waals surface area (Å²) in [7, 11) is 0. The Morgan fingerprint density at radius 1 is 1.18 bits per heavy atom. The zero-order valence-electron chi connectivity index (χ0n) is 11.4. The van der Waals surface area contributed by atoms with Crippen LogP contribution >= 0.6 is 15.9 Å². The maximum absolute atomic E-state index is 12.5. The van der Waals surface area contributed by atoms with Gasteiger partial charge in [0.2, 0.25) is 12.6 Å². The van der Waals surface area contributed by atoms with E-state index < -0.39 is 0 Å². The number of nitrogens with zero attached hydrogens (tertiary/aromatic N) is 1. The highest BCUT2D eigenvalue weighted by Crippen LogP contribution is 2.33. The molecule has 2 aromatic rings. The van der Waals surface area contributed by atoms with Gasteiger partial charge in [0.25, 0.3) is 0 Å².